The zero-order valence-corrected chi connectivity index (χ0v) is 17.4. The van der Waals surface area contributed by atoms with Crippen molar-refractivity contribution in [2.75, 3.05) is 42.0 Å². The van der Waals surface area contributed by atoms with Crippen LogP contribution in [0.5, 0.6) is 17.2 Å². The highest BCUT2D eigenvalue weighted by Crippen LogP contribution is 2.38. The van der Waals surface area contributed by atoms with E-state index in [4.69, 9.17) is 18.9 Å². The Morgan fingerprint density at radius 2 is 1.59 bits per heavy atom. The molecular formula is C21H28FN3O4. The topological polar surface area (TPSA) is 73.3 Å². The molecule has 0 spiro atoms. The molecule has 0 aliphatic carbocycles. The first-order valence-corrected chi connectivity index (χ1v) is 9.07. The quantitative estimate of drug-likeness (QED) is 0.494. The minimum absolute atomic E-state index is 0.240. The maximum Gasteiger partial charge on any atom is 0.203 e. The molecule has 0 amide bonds. The van der Waals surface area contributed by atoms with E-state index in [9.17, 15) is 4.39 Å². The molecule has 29 heavy (non-hydrogen) atoms. The maximum absolute atomic E-state index is 13.1. The number of methoxy groups -OCH3 is 4. The van der Waals surface area contributed by atoms with Gasteiger partial charge in [-0.25, -0.2) is 4.39 Å². The molecule has 0 aliphatic heterocycles. The molecule has 0 bridgehead atoms. The van der Waals surface area contributed by atoms with Crippen LogP contribution in [0.15, 0.2) is 41.4 Å². The van der Waals surface area contributed by atoms with Crippen LogP contribution >= 0.6 is 0 Å². The Bertz CT molecular complexity index is 787. The molecule has 2 aromatic carbocycles. The summed E-state index contributed by atoms with van der Waals surface area (Å²) in [6.07, 6.45) is -0.240. The van der Waals surface area contributed by atoms with Crippen LogP contribution in [0.1, 0.15) is 17.2 Å². The molecule has 8 heteroatoms. The van der Waals surface area contributed by atoms with Crippen molar-refractivity contribution in [3.8, 4) is 17.2 Å². The van der Waals surface area contributed by atoms with Gasteiger partial charge in [0.1, 0.15) is 5.82 Å². The standard InChI is InChI=1S/C21H28FN3O4/c1-23-21(25-13-19(28-4)15-6-8-16(22)9-7-15)24-12-14-10-17(26-2)20(29-5)18(11-14)27-3/h6-11,19H,12-13H2,1-5H3,(H2,23,24,25). The molecule has 1 atom stereocenters. The Balaban J connectivity index is 2.00. The highest BCUT2D eigenvalue weighted by atomic mass is 19.1. The summed E-state index contributed by atoms with van der Waals surface area (Å²) < 4.78 is 34.7. The number of halogens is 1. The Kier molecular flexibility index (Phi) is 8.54. The van der Waals surface area contributed by atoms with Gasteiger partial charge in [-0.15, -0.1) is 0 Å². The summed E-state index contributed by atoms with van der Waals surface area (Å²) in [5.41, 5.74) is 1.81. The van der Waals surface area contributed by atoms with Crippen LogP contribution in [0.4, 0.5) is 4.39 Å². The smallest absolute Gasteiger partial charge is 0.203 e. The van der Waals surface area contributed by atoms with Gasteiger partial charge in [0.2, 0.25) is 5.75 Å². The zero-order valence-electron chi connectivity index (χ0n) is 17.4. The number of guanidine groups is 1. The lowest BCUT2D eigenvalue weighted by atomic mass is 10.1. The van der Waals surface area contributed by atoms with E-state index in [-0.39, 0.29) is 11.9 Å². The molecule has 1 unspecified atom stereocenters. The van der Waals surface area contributed by atoms with E-state index in [1.165, 1.54) is 12.1 Å². The summed E-state index contributed by atoms with van der Waals surface area (Å²) >= 11 is 0. The van der Waals surface area contributed by atoms with Crippen molar-refractivity contribution in [2.24, 2.45) is 4.99 Å². The average Bonchev–Trinajstić information content (AvgIpc) is 2.76. The number of benzene rings is 2. The summed E-state index contributed by atoms with van der Waals surface area (Å²) in [5.74, 6) is 2.04. The van der Waals surface area contributed by atoms with Gasteiger partial charge in [0.25, 0.3) is 0 Å². The predicted octanol–water partition coefficient (Wildman–Crippen LogP) is 2.90. The van der Waals surface area contributed by atoms with Gasteiger partial charge in [-0.05, 0) is 35.4 Å². The van der Waals surface area contributed by atoms with Gasteiger partial charge in [0.05, 0.1) is 27.4 Å². The van der Waals surface area contributed by atoms with Crippen molar-refractivity contribution >= 4 is 5.96 Å². The molecule has 0 heterocycles. The predicted molar refractivity (Wildman–Crippen MR) is 110 cm³/mol. The highest BCUT2D eigenvalue weighted by molar-refractivity contribution is 5.79. The van der Waals surface area contributed by atoms with E-state index in [0.717, 1.165) is 11.1 Å². The first-order valence-electron chi connectivity index (χ1n) is 9.07. The summed E-state index contributed by atoms with van der Waals surface area (Å²) in [6, 6.07) is 9.99. The van der Waals surface area contributed by atoms with Crippen LogP contribution in [0.3, 0.4) is 0 Å². The van der Waals surface area contributed by atoms with E-state index in [0.29, 0.717) is 36.3 Å². The third kappa shape index (κ3) is 5.99. The fourth-order valence-electron chi connectivity index (χ4n) is 2.85. The molecular weight excluding hydrogens is 377 g/mol. The lowest BCUT2D eigenvalue weighted by Crippen LogP contribution is -2.39. The molecule has 0 saturated carbocycles. The number of ether oxygens (including phenoxy) is 4. The summed E-state index contributed by atoms with van der Waals surface area (Å²) in [7, 11) is 8.02. The van der Waals surface area contributed by atoms with Crippen molar-refractivity contribution in [1.29, 1.82) is 0 Å². The van der Waals surface area contributed by atoms with Gasteiger partial charge in [0.15, 0.2) is 17.5 Å². The second-order valence-corrected chi connectivity index (χ2v) is 6.12. The van der Waals surface area contributed by atoms with Crippen molar-refractivity contribution in [3.05, 3.63) is 53.3 Å². The second-order valence-electron chi connectivity index (χ2n) is 6.12. The van der Waals surface area contributed by atoms with Gasteiger partial charge >= 0.3 is 0 Å². The second kappa shape index (κ2) is 11.1. The molecule has 0 fully saturated rings. The molecule has 7 nitrogen and oxygen atoms in total. The van der Waals surface area contributed by atoms with E-state index in [1.54, 1.807) is 47.6 Å². The van der Waals surface area contributed by atoms with Crippen LogP contribution < -0.4 is 24.8 Å². The number of nitrogens with zero attached hydrogens (tertiary/aromatic N) is 1. The fourth-order valence-corrected chi connectivity index (χ4v) is 2.85. The normalized spacial score (nSPS) is 12.3. The molecule has 0 aliphatic rings. The van der Waals surface area contributed by atoms with Crippen LogP contribution in [-0.4, -0.2) is 48.0 Å². The monoisotopic (exact) mass is 405 g/mol. The van der Waals surface area contributed by atoms with Crippen molar-refractivity contribution in [1.82, 2.24) is 10.6 Å². The van der Waals surface area contributed by atoms with E-state index >= 15 is 0 Å². The number of hydrogen-bond donors (Lipinski definition) is 2. The number of aliphatic imine (C=N–C) groups is 1. The Labute approximate surface area is 170 Å². The number of hydrogen-bond acceptors (Lipinski definition) is 5. The van der Waals surface area contributed by atoms with Crippen molar-refractivity contribution in [2.45, 2.75) is 12.6 Å². The first kappa shape index (κ1) is 22.3. The van der Waals surface area contributed by atoms with Crippen LogP contribution in [0.2, 0.25) is 0 Å². The molecule has 158 valence electrons. The minimum atomic E-state index is -0.278. The number of nitrogens with one attached hydrogen (secondary N) is 2. The maximum atomic E-state index is 13.1. The molecule has 2 N–H and O–H groups in total. The molecule has 2 aromatic rings. The van der Waals surface area contributed by atoms with Crippen LogP contribution in [0, 0.1) is 5.82 Å². The van der Waals surface area contributed by atoms with Crippen LogP contribution in [-0.2, 0) is 11.3 Å². The Hall–Kier alpha value is -3.00. The molecule has 0 saturated heterocycles. The van der Waals surface area contributed by atoms with Gasteiger partial charge in [-0.3, -0.25) is 4.99 Å². The minimum Gasteiger partial charge on any atom is -0.493 e. The molecule has 2 rings (SSSR count). The van der Waals surface area contributed by atoms with Crippen LogP contribution in [0.25, 0.3) is 0 Å². The van der Waals surface area contributed by atoms with Crippen molar-refractivity contribution in [3.63, 3.8) is 0 Å². The van der Waals surface area contributed by atoms with Gasteiger partial charge in [0, 0.05) is 27.2 Å². The van der Waals surface area contributed by atoms with E-state index in [1.807, 2.05) is 12.1 Å². The lowest BCUT2D eigenvalue weighted by Gasteiger charge is -2.19. The van der Waals surface area contributed by atoms with E-state index in [2.05, 4.69) is 15.6 Å². The molecule has 0 radical (unpaired) electrons. The lowest BCUT2D eigenvalue weighted by molar-refractivity contribution is 0.106. The summed E-state index contributed by atoms with van der Waals surface area (Å²) in [5, 5.41) is 6.45. The largest absolute Gasteiger partial charge is 0.493 e. The van der Waals surface area contributed by atoms with Gasteiger partial charge in [-0.1, -0.05) is 12.1 Å². The average molecular weight is 405 g/mol. The van der Waals surface area contributed by atoms with Gasteiger partial charge < -0.3 is 29.6 Å². The Morgan fingerprint density at radius 3 is 2.07 bits per heavy atom. The SMILES string of the molecule is CN=C(NCc1cc(OC)c(OC)c(OC)c1)NCC(OC)c1ccc(F)cc1. The fraction of sp³-hybridized carbons (Fsp3) is 0.381. The zero-order chi connectivity index (χ0) is 21.2. The summed E-state index contributed by atoms with van der Waals surface area (Å²) in [6.45, 7) is 0.960. The summed E-state index contributed by atoms with van der Waals surface area (Å²) in [4.78, 5) is 4.23. The van der Waals surface area contributed by atoms with Gasteiger partial charge in [-0.2, -0.15) is 0 Å². The highest BCUT2D eigenvalue weighted by Gasteiger charge is 2.14. The van der Waals surface area contributed by atoms with E-state index < -0.39 is 0 Å². The molecule has 0 aromatic heterocycles. The van der Waals surface area contributed by atoms with Crippen molar-refractivity contribution < 1.29 is 23.3 Å². The third-order valence-electron chi connectivity index (χ3n) is 4.39. The first-order chi connectivity index (χ1) is 14.1. The number of rotatable bonds is 9. The Morgan fingerprint density at radius 1 is 0.966 bits per heavy atom. The third-order valence-corrected chi connectivity index (χ3v) is 4.39.